The molecule has 0 amide bonds. The standard InChI is InChI=1S/C15H21F3N2.ClH/c1-11-3-4-12(2)13(9-11)14(10-15(16,17)18)20-7-5-19-6-8-20;/h3-4,9,14,19H,5-8,10H2,1-2H3;1H/t14-;/m0./s1. The van der Waals surface area contributed by atoms with Gasteiger partial charge in [0.1, 0.15) is 0 Å². The molecule has 1 heterocycles. The lowest BCUT2D eigenvalue weighted by Crippen LogP contribution is -2.46. The predicted octanol–water partition coefficient (Wildman–Crippen LogP) is 3.62. The first-order valence-electron chi connectivity index (χ1n) is 6.95. The third-order valence-corrected chi connectivity index (χ3v) is 3.81. The van der Waals surface area contributed by atoms with Gasteiger partial charge in [0.25, 0.3) is 0 Å². The van der Waals surface area contributed by atoms with Gasteiger partial charge in [0, 0.05) is 32.2 Å². The highest BCUT2D eigenvalue weighted by Gasteiger charge is 2.36. The molecule has 0 aliphatic carbocycles. The first-order chi connectivity index (χ1) is 9.37. The van der Waals surface area contributed by atoms with E-state index in [0.717, 1.165) is 29.8 Å². The summed E-state index contributed by atoms with van der Waals surface area (Å²) in [6.45, 7) is 6.63. The van der Waals surface area contributed by atoms with Crippen LogP contribution in [-0.4, -0.2) is 37.3 Å². The number of nitrogens with one attached hydrogen (secondary N) is 1. The average molecular weight is 323 g/mol. The van der Waals surface area contributed by atoms with Crippen molar-refractivity contribution in [1.29, 1.82) is 0 Å². The molecular weight excluding hydrogens is 301 g/mol. The number of rotatable bonds is 3. The Morgan fingerprint density at radius 2 is 1.81 bits per heavy atom. The molecule has 1 aromatic rings. The van der Waals surface area contributed by atoms with E-state index < -0.39 is 18.6 Å². The summed E-state index contributed by atoms with van der Waals surface area (Å²) in [5.74, 6) is 0. The van der Waals surface area contributed by atoms with Crippen LogP contribution in [0.5, 0.6) is 0 Å². The summed E-state index contributed by atoms with van der Waals surface area (Å²) in [7, 11) is 0. The summed E-state index contributed by atoms with van der Waals surface area (Å²) in [5, 5.41) is 3.19. The van der Waals surface area contributed by atoms with Crippen molar-refractivity contribution in [3.8, 4) is 0 Å². The van der Waals surface area contributed by atoms with E-state index in [4.69, 9.17) is 0 Å². The van der Waals surface area contributed by atoms with Crippen LogP contribution in [0.3, 0.4) is 0 Å². The largest absolute Gasteiger partial charge is 0.390 e. The monoisotopic (exact) mass is 322 g/mol. The minimum atomic E-state index is -4.15. The second kappa shape index (κ2) is 7.47. The fraction of sp³-hybridized carbons (Fsp3) is 0.600. The van der Waals surface area contributed by atoms with Gasteiger partial charge < -0.3 is 5.32 Å². The molecule has 120 valence electrons. The lowest BCUT2D eigenvalue weighted by atomic mass is 9.95. The predicted molar refractivity (Wildman–Crippen MR) is 81.0 cm³/mol. The average Bonchev–Trinajstić information content (AvgIpc) is 2.39. The lowest BCUT2D eigenvalue weighted by Gasteiger charge is -2.36. The van der Waals surface area contributed by atoms with E-state index in [1.54, 1.807) is 0 Å². The quantitative estimate of drug-likeness (QED) is 0.914. The topological polar surface area (TPSA) is 15.3 Å². The highest BCUT2D eigenvalue weighted by molar-refractivity contribution is 5.85. The molecule has 1 aliphatic rings. The summed E-state index contributed by atoms with van der Waals surface area (Å²) in [4.78, 5) is 1.95. The van der Waals surface area contributed by atoms with Crippen molar-refractivity contribution in [2.75, 3.05) is 26.2 Å². The van der Waals surface area contributed by atoms with Crippen LogP contribution in [0.2, 0.25) is 0 Å². The van der Waals surface area contributed by atoms with Gasteiger partial charge in [0.15, 0.2) is 0 Å². The van der Waals surface area contributed by atoms with Gasteiger partial charge in [-0.05, 0) is 25.0 Å². The van der Waals surface area contributed by atoms with Gasteiger partial charge in [-0.2, -0.15) is 13.2 Å². The summed E-state index contributed by atoms with van der Waals surface area (Å²) in [6, 6.07) is 5.18. The van der Waals surface area contributed by atoms with Crippen LogP contribution < -0.4 is 5.32 Å². The molecule has 2 rings (SSSR count). The van der Waals surface area contributed by atoms with Crippen LogP contribution in [0.1, 0.15) is 29.2 Å². The highest BCUT2D eigenvalue weighted by Crippen LogP contribution is 2.35. The second-order valence-electron chi connectivity index (χ2n) is 5.48. The summed E-state index contributed by atoms with van der Waals surface area (Å²) in [6.07, 6.45) is -4.93. The van der Waals surface area contributed by atoms with Gasteiger partial charge in [0.05, 0.1) is 6.42 Å². The van der Waals surface area contributed by atoms with E-state index in [0.29, 0.717) is 13.1 Å². The molecule has 0 saturated carbocycles. The lowest BCUT2D eigenvalue weighted by molar-refractivity contribution is -0.148. The number of hydrogen-bond acceptors (Lipinski definition) is 2. The number of alkyl halides is 3. The van der Waals surface area contributed by atoms with Gasteiger partial charge in [-0.25, -0.2) is 0 Å². The number of halogens is 4. The van der Waals surface area contributed by atoms with Crippen LogP contribution in [0.25, 0.3) is 0 Å². The number of hydrogen-bond donors (Lipinski definition) is 1. The van der Waals surface area contributed by atoms with Crippen LogP contribution >= 0.6 is 12.4 Å². The van der Waals surface area contributed by atoms with E-state index in [1.807, 2.05) is 36.9 Å². The Hall–Kier alpha value is -0.780. The molecule has 0 radical (unpaired) electrons. The molecule has 1 saturated heterocycles. The van der Waals surface area contributed by atoms with E-state index in [2.05, 4.69) is 5.32 Å². The van der Waals surface area contributed by atoms with Crippen LogP contribution in [0.4, 0.5) is 13.2 Å². The normalized spacial score (nSPS) is 18.1. The SMILES string of the molecule is Cc1ccc(C)c([C@H](CC(F)(F)F)N2CCNCC2)c1.Cl. The zero-order chi connectivity index (χ0) is 14.8. The maximum Gasteiger partial charge on any atom is 0.390 e. The smallest absolute Gasteiger partial charge is 0.314 e. The Balaban J connectivity index is 0.00000220. The molecule has 2 nitrogen and oxygen atoms in total. The van der Waals surface area contributed by atoms with Gasteiger partial charge in [-0.1, -0.05) is 23.8 Å². The third kappa shape index (κ3) is 5.16. The summed E-state index contributed by atoms with van der Waals surface area (Å²) < 4.78 is 38.8. The minimum Gasteiger partial charge on any atom is -0.314 e. The minimum absolute atomic E-state index is 0. The van der Waals surface area contributed by atoms with Crippen molar-refractivity contribution >= 4 is 12.4 Å². The molecular formula is C15H22ClF3N2. The van der Waals surface area contributed by atoms with Crippen molar-refractivity contribution in [2.45, 2.75) is 32.5 Å². The van der Waals surface area contributed by atoms with Gasteiger partial charge >= 0.3 is 6.18 Å². The summed E-state index contributed by atoms with van der Waals surface area (Å²) in [5.41, 5.74) is 2.75. The number of benzene rings is 1. The van der Waals surface area contributed by atoms with Crippen molar-refractivity contribution in [2.24, 2.45) is 0 Å². The number of nitrogens with zero attached hydrogens (tertiary/aromatic N) is 1. The fourth-order valence-electron chi connectivity index (χ4n) is 2.77. The first-order valence-corrected chi connectivity index (χ1v) is 6.95. The van der Waals surface area contributed by atoms with Crippen molar-refractivity contribution in [1.82, 2.24) is 10.2 Å². The Kier molecular flexibility index (Phi) is 6.50. The zero-order valence-corrected chi connectivity index (χ0v) is 13.2. The zero-order valence-electron chi connectivity index (χ0n) is 12.3. The molecule has 1 atom stereocenters. The highest BCUT2D eigenvalue weighted by atomic mass is 35.5. The van der Waals surface area contributed by atoms with E-state index in [9.17, 15) is 13.2 Å². The Bertz CT molecular complexity index is 457. The number of piperazine rings is 1. The Morgan fingerprint density at radius 3 is 2.38 bits per heavy atom. The van der Waals surface area contributed by atoms with Crippen molar-refractivity contribution < 1.29 is 13.2 Å². The molecule has 1 fully saturated rings. The van der Waals surface area contributed by atoms with E-state index >= 15 is 0 Å². The Morgan fingerprint density at radius 1 is 1.19 bits per heavy atom. The van der Waals surface area contributed by atoms with Crippen LogP contribution in [-0.2, 0) is 0 Å². The van der Waals surface area contributed by atoms with Crippen LogP contribution in [0.15, 0.2) is 18.2 Å². The Labute approximate surface area is 130 Å². The molecule has 6 heteroatoms. The maximum absolute atomic E-state index is 12.9. The molecule has 1 N–H and O–H groups in total. The van der Waals surface area contributed by atoms with Crippen molar-refractivity contribution in [3.63, 3.8) is 0 Å². The molecule has 0 unspecified atom stereocenters. The van der Waals surface area contributed by atoms with Crippen molar-refractivity contribution in [3.05, 3.63) is 34.9 Å². The van der Waals surface area contributed by atoms with Gasteiger partial charge in [-0.3, -0.25) is 4.90 Å². The second-order valence-corrected chi connectivity index (χ2v) is 5.48. The van der Waals surface area contributed by atoms with E-state index in [1.165, 1.54) is 0 Å². The number of aryl methyl sites for hydroxylation is 2. The van der Waals surface area contributed by atoms with Gasteiger partial charge in [-0.15, -0.1) is 12.4 Å². The van der Waals surface area contributed by atoms with E-state index in [-0.39, 0.29) is 12.4 Å². The third-order valence-electron chi connectivity index (χ3n) is 3.81. The molecule has 0 spiro atoms. The molecule has 21 heavy (non-hydrogen) atoms. The first kappa shape index (κ1) is 18.3. The molecule has 0 aromatic heterocycles. The summed E-state index contributed by atoms with van der Waals surface area (Å²) >= 11 is 0. The fourth-order valence-corrected chi connectivity index (χ4v) is 2.77. The van der Waals surface area contributed by atoms with Crippen LogP contribution in [0, 0.1) is 13.8 Å². The molecule has 0 bridgehead atoms. The maximum atomic E-state index is 12.9. The molecule has 1 aliphatic heterocycles. The molecule has 1 aromatic carbocycles. The van der Waals surface area contributed by atoms with Gasteiger partial charge in [0.2, 0.25) is 0 Å².